The Morgan fingerprint density at radius 3 is 2.29 bits per heavy atom. The van der Waals surface area contributed by atoms with Crippen molar-refractivity contribution in [2.45, 2.75) is 25.9 Å². The van der Waals surface area contributed by atoms with Crippen LogP contribution in [0.1, 0.15) is 41.3 Å². The number of alkyl halides is 3. The van der Waals surface area contributed by atoms with Crippen LogP contribution in [-0.4, -0.2) is 13.0 Å². The van der Waals surface area contributed by atoms with Crippen LogP contribution >= 0.6 is 0 Å². The molecule has 0 aromatic heterocycles. The molecule has 2 nitrogen and oxygen atoms in total. The summed E-state index contributed by atoms with van der Waals surface area (Å²) in [5.74, 6) is -0.767. The minimum absolute atomic E-state index is 0.0178. The number of rotatable bonds is 2. The second-order valence-electron chi connectivity index (χ2n) is 4.03. The van der Waals surface area contributed by atoms with Crippen molar-refractivity contribution in [3.05, 3.63) is 34.9 Å². The fourth-order valence-electron chi connectivity index (χ4n) is 1.59. The second-order valence-corrected chi connectivity index (χ2v) is 4.03. The summed E-state index contributed by atoms with van der Waals surface area (Å²) in [6.07, 6.45) is -4.44. The molecule has 0 spiro atoms. The molecule has 0 unspecified atom stereocenters. The van der Waals surface area contributed by atoms with E-state index < -0.39 is 17.6 Å². The van der Waals surface area contributed by atoms with Crippen LogP contribution in [0.4, 0.5) is 13.2 Å². The standard InChI is InChI=1S/C12H14F3NO/c1-7(2)9-5-4-8(11(17)16-3)6-10(9)12(13,14)15/h4-7H,1-3H3,(H,16,17). The molecule has 0 atom stereocenters. The maximum atomic E-state index is 12.8. The number of halogens is 3. The summed E-state index contributed by atoms with van der Waals surface area (Å²) in [6, 6.07) is 3.66. The van der Waals surface area contributed by atoms with Crippen molar-refractivity contribution in [2.24, 2.45) is 0 Å². The van der Waals surface area contributed by atoms with Crippen LogP contribution in [0.5, 0.6) is 0 Å². The smallest absolute Gasteiger partial charge is 0.355 e. The van der Waals surface area contributed by atoms with E-state index in [4.69, 9.17) is 0 Å². The van der Waals surface area contributed by atoms with Gasteiger partial charge in [-0.3, -0.25) is 4.79 Å². The van der Waals surface area contributed by atoms with E-state index in [9.17, 15) is 18.0 Å². The van der Waals surface area contributed by atoms with Gasteiger partial charge in [-0.2, -0.15) is 13.2 Å². The molecule has 17 heavy (non-hydrogen) atoms. The van der Waals surface area contributed by atoms with Gasteiger partial charge in [0.15, 0.2) is 0 Å². The first kappa shape index (κ1) is 13.5. The maximum Gasteiger partial charge on any atom is 0.416 e. The van der Waals surface area contributed by atoms with Crippen molar-refractivity contribution < 1.29 is 18.0 Å². The van der Waals surface area contributed by atoms with Crippen molar-refractivity contribution in [1.82, 2.24) is 5.32 Å². The maximum absolute atomic E-state index is 12.8. The molecule has 1 aromatic carbocycles. The van der Waals surface area contributed by atoms with Gasteiger partial charge in [-0.15, -0.1) is 0 Å². The third-order valence-corrected chi connectivity index (χ3v) is 2.47. The Labute approximate surface area is 97.8 Å². The molecule has 0 saturated carbocycles. The Bertz CT molecular complexity index is 424. The van der Waals surface area contributed by atoms with Crippen LogP contribution in [0.3, 0.4) is 0 Å². The molecule has 0 aliphatic heterocycles. The summed E-state index contributed by atoms with van der Waals surface area (Å²) in [4.78, 5) is 11.3. The highest BCUT2D eigenvalue weighted by atomic mass is 19.4. The van der Waals surface area contributed by atoms with E-state index in [2.05, 4.69) is 5.32 Å². The third-order valence-electron chi connectivity index (χ3n) is 2.47. The molecular weight excluding hydrogens is 231 g/mol. The normalized spacial score (nSPS) is 11.7. The van der Waals surface area contributed by atoms with Gasteiger partial charge in [0.05, 0.1) is 5.56 Å². The van der Waals surface area contributed by atoms with E-state index in [1.807, 2.05) is 0 Å². The van der Waals surface area contributed by atoms with Crippen LogP contribution in [0, 0.1) is 0 Å². The number of carbonyl (C=O) groups excluding carboxylic acids is 1. The lowest BCUT2D eigenvalue weighted by molar-refractivity contribution is -0.138. The largest absolute Gasteiger partial charge is 0.416 e. The Morgan fingerprint density at radius 1 is 1.29 bits per heavy atom. The highest BCUT2D eigenvalue weighted by Crippen LogP contribution is 2.35. The van der Waals surface area contributed by atoms with E-state index in [0.717, 1.165) is 6.07 Å². The van der Waals surface area contributed by atoms with E-state index in [0.29, 0.717) is 0 Å². The molecule has 94 valence electrons. The second kappa shape index (κ2) is 4.77. The van der Waals surface area contributed by atoms with E-state index in [1.54, 1.807) is 13.8 Å². The summed E-state index contributed by atoms with van der Waals surface area (Å²) in [5.41, 5.74) is -0.525. The first-order chi connectivity index (χ1) is 7.77. The molecule has 0 heterocycles. The average Bonchev–Trinajstić information content (AvgIpc) is 2.25. The highest BCUT2D eigenvalue weighted by molar-refractivity contribution is 5.94. The van der Waals surface area contributed by atoms with Crippen LogP contribution in [0.25, 0.3) is 0 Å². The molecule has 0 bridgehead atoms. The quantitative estimate of drug-likeness (QED) is 0.851. The fourth-order valence-corrected chi connectivity index (χ4v) is 1.59. The van der Waals surface area contributed by atoms with E-state index in [1.165, 1.54) is 19.2 Å². The molecule has 0 aliphatic rings. The first-order valence-electron chi connectivity index (χ1n) is 5.20. The van der Waals surface area contributed by atoms with Gasteiger partial charge in [0.1, 0.15) is 0 Å². The molecule has 5 heteroatoms. The Kier molecular flexibility index (Phi) is 3.80. The topological polar surface area (TPSA) is 29.1 Å². The van der Waals surface area contributed by atoms with Crippen molar-refractivity contribution >= 4 is 5.91 Å². The van der Waals surface area contributed by atoms with Crippen molar-refractivity contribution in [3.8, 4) is 0 Å². The average molecular weight is 245 g/mol. The monoisotopic (exact) mass is 245 g/mol. The summed E-state index contributed by atoms with van der Waals surface area (Å²) in [5, 5.41) is 2.30. The number of hydrogen-bond donors (Lipinski definition) is 1. The number of nitrogens with one attached hydrogen (secondary N) is 1. The number of amides is 1. The summed E-state index contributed by atoms with van der Waals surface area (Å²) in [7, 11) is 1.38. The molecule has 0 fully saturated rings. The highest BCUT2D eigenvalue weighted by Gasteiger charge is 2.34. The number of benzene rings is 1. The molecule has 0 radical (unpaired) electrons. The zero-order valence-electron chi connectivity index (χ0n) is 9.85. The fraction of sp³-hybridized carbons (Fsp3) is 0.417. The van der Waals surface area contributed by atoms with Gasteiger partial charge in [-0.25, -0.2) is 0 Å². The lowest BCUT2D eigenvalue weighted by Gasteiger charge is -2.16. The predicted octanol–water partition coefficient (Wildman–Crippen LogP) is 3.19. The van der Waals surface area contributed by atoms with Crippen molar-refractivity contribution in [2.75, 3.05) is 7.05 Å². The molecule has 0 saturated heterocycles. The molecule has 0 aliphatic carbocycles. The minimum Gasteiger partial charge on any atom is -0.355 e. The van der Waals surface area contributed by atoms with Gasteiger partial charge >= 0.3 is 6.18 Å². The van der Waals surface area contributed by atoms with Crippen molar-refractivity contribution in [1.29, 1.82) is 0 Å². The van der Waals surface area contributed by atoms with Gasteiger partial charge in [0.2, 0.25) is 0 Å². The summed E-state index contributed by atoms with van der Waals surface area (Å²) in [6.45, 7) is 3.37. The first-order valence-corrected chi connectivity index (χ1v) is 5.20. The zero-order valence-corrected chi connectivity index (χ0v) is 9.85. The number of carbonyl (C=O) groups is 1. The summed E-state index contributed by atoms with van der Waals surface area (Å²) < 4.78 is 38.5. The Morgan fingerprint density at radius 2 is 1.88 bits per heavy atom. The van der Waals surface area contributed by atoms with Gasteiger partial charge < -0.3 is 5.32 Å². The van der Waals surface area contributed by atoms with Gasteiger partial charge in [-0.05, 0) is 23.6 Å². The SMILES string of the molecule is CNC(=O)c1ccc(C(C)C)c(C(F)(F)F)c1. The lowest BCUT2D eigenvalue weighted by atomic mass is 9.95. The lowest BCUT2D eigenvalue weighted by Crippen LogP contribution is -2.19. The van der Waals surface area contributed by atoms with Crippen LogP contribution in [0.2, 0.25) is 0 Å². The molecule has 1 rings (SSSR count). The summed E-state index contributed by atoms with van der Waals surface area (Å²) >= 11 is 0. The predicted molar refractivity (Wildman–Crippen MR) is 58.9 cm³/mol. The van der Waals surface area contributed by atoms with Gasteiger partial charge in [0, 0.05) is 12.6 Å². The number of hydrogen-bond acceptors (Lipinski definition) is 1. The molecule has 1 aromatic rings. The van der Waals surface area contributed by atoms with Crippen LogP contribution in [-0.2, 0) is 6.18 Å². The van der Waals surface area contributed by atoms with Crippen molar-refractivity contribution in [3.63, 3.8) is 0 Å². The zero-order chi connectivity index (χ0) is 13.2. The van der Waals surface area contributed by atoms with Crippen LogP contribution in [0.15, 0.2) is 18.2 Å². The molecule has 1 amide bonds. The van der Waals surface area contributed by atoms with Gasteiger partial charge in [0.25, 0.3) is 5.91 Å². The Balaban J connectivity index is 3.35. The van der Waals surface area contributed by atoms with Crippen LogP contribution < -0.4 is 5.32 Å². The molecular formula is C12H14F3NO. The van der Waals surface area contributed by atoms with E-state index >= 15 is 0 Å². The van der Waals surface area contributed by atoms with E-state index in [-0.39, 0.29) is 17.0 Å². The Hall–Kier alpha value is -1.52. The molecule has 1 N–H and O–H groups in total. The third kappa shape index (κ3) is 2.99. The minimum atomic E-state index is -4.44. The van der Waals surface area contributed by atoms with Gasteiger partial charge in [-0.1, -0.05) is 19.9 Å².